The van der Waals surface area contributed by atoms with Crippen molar-refractivity contribution in [3.63, 3.8) is 0 Å². The summed E-state index contributed by atoms with van der Waals surface area (Å²) >= 11 is 0. The fourth-order valence-corrected chi connectivity index (χ4v) is 6.75. The summed E-state index contributed by atoms with van der Waals surface area (Å²) in [6, 6.07) is 0. The first-order chi connectivity index (χ1) is 18.6. The van der Waals surface area contributed by atoms with Crippen LogP contribution in [0.1, 0.15) is 85.5 Å². The summed E-state index contributed by atoms with van der Waals surface area (Å²) in [5.74, 6) is 0. The topological polar surface area (TPSA) is 153 Å². The molecule has 13 heteroatoms. The Bertz CT molecular complexity index is 658. The van der Waals surface area contributed by atoms with Gasteiger partial charge in [0.2, 0.25) is 0 Å². The van der Waals surface area contributed by atoms with Crippen LogP contribution in [0.3, 0.4) is 0 Å². The Morgan fingerprint density at radius 2 is 1.23 bits per heavy atom. The Kier molecular flexibility index (Phi) is 24.7. The molecule has 5 unspecified atom stereocenters. The Balaban J connectivity index is 3.61. The van der Waals surface area contributed by atoms with Crippen molar-refractivity contribution >= 4 is 15.1 Å². The predicted molar refractivity (Wildman–Crippen MR) is 155 cm³/mol. The lowest BCUT2D eigenvalue weighted by Crippen LogP contribution is -2.23. The van der Waals surface area contributed by atoms with Crippen molar-refractivity contribution < 1.29 is 47.5 Å². The third-order valence-corrected chi connectivity index (χ3v) is 10.3. The van der Waals surface area contributed by atoms with Gasteiger partial charge < -0.3 is 38.4 Å². The van der Waals surface area contributed by atoms with Gasteiger partial charge in [-0.3, -0.25) is 9.13 Å². The van der Waals surface area contributed by atoms with Crippen molar-refractivity contribution in [2.24, 2.45) is 0 Å². The van der Waals surface area contributed by atoms with Crippen LogP contribution < -0.4 is 5.09 Å². The third-order valence-electron chi connectivity index (χ3n) is 6.22. The first-order valence-electron chi connectivity index (χ1n) is 14.6. The minimum atomic E-state index is -3.74. The first kappa shape index (κ1) is 39.1. The lowest BCUT2D eigenvalue weighted by molar-refractivity contribution is -0.0252. The Morgan fingerprint density at radius 3 is 1.79 bits per heavy atom. The van der Waals surface area contributed by atoms with Gasteiger partial charge in [-0.1, -0.05) is 59.8 Å². The van der Waals surface area contributed by atoms with Crippen molar-refractivity contribution in [3.05, 3.63) is 0 Å². The monoisotopic (exact) mass is 605 g/mol. The van der Waals surface area contributed by atoms with Crippen LogP contribution in [0.4, 0.5) is 0 Å². The molecule has 0 saturated carbocycles. The van der Waals surface area contributed by atoms with E-state index in [1.165, 1.54) is 0 Å². The standard InChI is InChI=1S/C26H57NO10P2/c1-5-8-12-24(4)39(31,32)37-23-25(28)22-36-21-20-35-19-18-34-17-16-33-15-10-14-27-38(29,30)26(11-7-3)13-9-6-2/h24-26,28H,5-23H2,1-4H3,(H,31,32)(H2,27,29,30). The Hall–Kier alpha value is 0.1000. The van der Waals surface area contributed by atoms with Crippen LogP contribution in [-0.4, -0.2) is 98.3 Å². The zero-order valence-corrected chi connectivity index (χ0v) is 26.5. The Labute approximate surface area is 236 Å². The van der Waals surface area contributed by atoms with Gasteiger partial charge in [-0.25, -0.2) is 5.09 Å². The number of hydrogen-bond donors (Lipinski definition) is 4. The fraction of sp³-hybridized carbons (Fsp3) is 1.00. The molecule has 236 valence electrons. The van der Waals surface area contributed by atoms with E-state index in [-0.39, 0.29) is 25.5 Å². The molecule has 0 amide bonds. The number of nitrogens with one attached hydrogen (secondary N) is 1. The van der Waals surface area contributed by atoms with E-state index in [9.17, 15) is 24.0 Å². The molecule has 0 saturated heterocycles. The molecule has 11 nitrogen and oxygen atoms in total. The van der Waals surface area contributed by atoms with E-state index in [1.54, 1.807) is 6.92 Å². The number of ether oxygens (including phenoxy) is 4. The number of rotatable bonds is 29. The average Bonchev–Trinajstić information content (AvgIpc) is 2.90. The van der Waals surface area contributed by atoms with E-state index in [0.717, 1.165) is 44.9 Å². The molecule has 5 atom stereocenters. The SMILES string of the molecule is CCCCC(CCC)P(=O)(O)NCCCOCCOCCOCCOCC(O)COP(=O)(O)C(C)CCCC. The van der Waals surface area contributed by atoms with Gasteiger partial charge in [-0.2, -0.15) is 0 Å². The van der Waals surface area contributed by atoms with Gasteiger partial charge in [0.05, 0.1) is 58.5 Å². The van der Waals surface area contributed by atoms with Crippen LogP contribution in [0, 0.1) is 0 Å². The van der Waals surface area contributed by atoms with Crippen LogP contribution in [0.25, 0.3) is 0 Å². The van der Waals surface area contributed by atoms with E-state index in [0.29, 0.717) is 59.0 Å². The summed E-state index contributed by atoms with van der Waals surface area (Å²) in [5.41, 5.74) is -0.628. The van der Waals surface area contributed by atoms with Crippen LogP contribution in [0.2, 0.25) is 0 Å². The molecule has 0 radical (unpaired) electrons. The second kappa shape index (κ2) is 24.7. The third kappa shape index (κ3) is 21.5. The molecule has 0 heterocycles. The molecular weight excluding hydrogens is 548 g/mol. The summed E-state index contributed by atoms with van der Waals surface area (Å²) in [6.45, 7) is 10.8. The maximum Gasteiger partial charge on any atom is 0.330 e. The van der Waals surface area contributed by atoms with Gasteiger partial charge in [0.15, 0.2) is 0 Å². The van der Waals surface area contributed by atoms with Crippen molar-refractivity contribution in [1.29, 1.82) is 0 Å². The number of unbranched alkanes of at least 4 members (excludes halogenated alkanes) is 2. The van der Waals surface area contributed by atoms with Gasteiger partial charge in [0.25, 0.3) is 7.52 Å². The quantitative estimate of drug-likeness (QED) is 0.0692. The second-order valence-corrected chi connectivity index (χ2v) is 14.4. The molecule has 0 aliphatic rings. The fourth-order valence-electron chi connectivity index (χ4n) is 3.72. The lowest BCUT2D eigenvalue weighted by Gasteiger charge is -2.23. The predicted octanol–water partition coefficient (Wildman–Crippen LogP) is 4.72. The highest BCUT2D eigenvalue weighted by Crippen LogP contribution is 2.49. The minimum absolute atomic E-state index is 0.00983. The number of aliphatic hydroxyl groups excluding tert-OH is 1. The highest BCUT2D eigenvalue weighted by atomic mass is 31.2. The average molecular weight is 606 g/mol. The summed E-state index contributed by atoms with van der Waals surface area (Å²) < 4.78 is 51.5. The number of aliphatic hydroxyl groups is 1. The minimum Gasteiger partial charge on any atom is -0.388 e. The van der Waals surface area contributed by atoms with Crippen molar-refractivity contribution in [2.75, 3.05) is 66.0 Å². The molecule has 0 fully saturated rings. The second-order valence-electron chi connectivity index (χ2n) is 9.89. The van der Waals surface area contributed by atoms with Crippen LogP contribution in [-0.2, 0) is 32.6 Å². The highest BCUT2D eigenvalue weighted by Gasteiger charge is 2.29. The zero-order chi connectivity index (χ0) is 29.4. The number of hydrogen-bond acceptors (Lipinski definition) is 8. The smallest absolute Gasteiger partial charge is 0.330 e. The van der Waals surface area contributed by atoms with E-state index < -0.39 is 26.9 Å². The van der Waals surface area contributed by atoms with Crippen LogP contribution in [0.5, 0.6) is 0 Å². The molecule has 39 heavy (non-hydrogen) atoms. The largest absolute Gasteiger partial charge is 0.388 e. The lowest BCUT2D eigenvalue weighted by atomic mass is 10.1. The normalized spacial score (nSPS) is 17.4. The molecule has 0 spiro atoms. The molecule has 0 aliphatic heterocycles. The van der Waals surface area contributed by atoms with E-state index in [4.69, 9.17) is 23.5 Å². The zero-order valence-electron chi connectivity index (χ0n) is 24.8. The maximum absolute atomic E-state index is 12.6. The molecule has 0 aromatic heterocycles. The van der Waals surface area contributed by atoms with E-state index >= 15 is 0 Å². The summed E-state index contributed by atoms with van der Waals surface area (Å²) in [6.07, 6.45) is 6.51. The molecule has 0 bridgehead atoms. The van der Waals surface area contributed by atoms with E-state index in [2.05, 4.69) is 12.0 Å². The van der Waals surface area contributed by atoms with Crippen molar-refractivity contribution in [2.45, 2.75) is 103 Å². The van der Waals surface area contributed by atoms with Gasteiger partial charge in [0, 0.05) is 18.8 Å². The van der Waals surface area contributed by atoms with Gasteiger partial charge in [-0.05, 0) is 25.7 Å². The van der Waals surface area contributed by atoms with Crippen molar-refractivity contribution in [1.82, 2.24) is 5.09 Å². The molecule has 0 aromatic carbocycles. The summed E-state index contributed by atoms with van der Waals surface area (Å²) in [5, 5.41) is 12.7. The first-order valence-corrected chi connectivity index (χ1v) is 18.0. The van der Waals surface area contributed by atoms with Crippen LogP contribution in [0.15, 0.2) is 0 Å². The molecular formula is C26H57NO10P2. The van der Waals surface area contributed by atoms with Gasteiger partial charge >= 0.3 is 7.60 Å². The van der Waals surface area contributed by atoms with Crippen LogP contribution >= 0.6 is 15.1 Å². The molecule has 0 aliphatic carbocycles. The Morgan fingerprint density at radius 1 is 0.692 bits per heavy atom. The molecule has 0 rings (SSSR count). The van der Waals surface area contributed by atoms with Gasteiger partial charge in [-0.15, -0.1) is 0 Å². The molecule has 4 N–H and O–H groups in total. The summed E-state index contributed by atoms with van der Waals surface area (Å²) in [4.78, 5) is 20.3. The van der Waals surface area contributed by atoms with Gasteiger partial charge in [0.1, 0.15) is 6.10 Å². The van der Waals surface area contributed by atoms with E-state index in [1.807, 2.05) is 13.8 Å². The highest BCUT2D eigenvalue weighted by molar-refractivity contribution is 7.56. The van der Waals surface area contributed by atoms with Crippen molar-refractivity contribution in [3.8, 4) is 0 Å². The molecule has 0 aromatic rings. The summed E-state index contributed by atoms with van der Waals surface area (Å²) in [7, 11) is -7.09. The maximum atomic E-state index is 12.6.